The second-order valence-electron chi connectivity index (χ2n) is 6.75. The van der Waals surface area contributed by atoms with E-state index in [0.29, 0.717) is 25.3 Å². The van der Waals surface area contributed by atoms with Crippen molar-refractivity contribution in [3.05, 3.63) is 11.8 Å². The van der Waals surface area contributed by atoms with E-state index in [1.807, 2.05) is 20.8 Å². The summed E-state index contributed by atoms with van der Waals surface area (Å²) in [6, 6.07) is 1.41. The lowest BCUT2D eigenvalue weighted by Crippen LogP contribution is -2.53. The number of anilines is 1. The smallest absolute Gasteiger partial charge is 0.326 e. The predicted molar refractivity (Wildman–Crippen MR) is 81.0 cm³/mol. The molecule has 0 bridgehead atoms. The van der Waals surface area contributed by atoms with E-state index < -0.39 is 5.97 Å². The zero-order chi connectivity index (χ0) is 16.5. The molecule has 1 N–H and O–H groups in total. The van der Waals surface area contributed by atoms with Gasteiger partial charge in [0.2, 0.25) is 5.88 Å². The van der Waals surface area contributed by atoms with Crippen molar-refractivity contribution in [1.82, 2.24) is 10.1 Å². The maximum absolute atomic E-state index is 12.5. The lowest BCUT2D eigenvalue weighted by atomic mass is 9.92. The minimum Gasteiger partial charge on any atom is -0.481 e. The number of rotatable bonds is 4. The van der Waals surface area contributed by atoms with Gasteiger partial charge < -0.3 is 14.5 Å². The van der Waals surface area contributed by atoms with Crippen molar-refractivity contribution in [3.63, 3.8) is 0 Å². The molecule has 1 aliphatic rings. The van der Waals surface area contributed by atoms with Gasteiger partial charge in [-0.25, -0.2) is 4.79 Å². The quantitative estimate of drug-likeness (QED) is 0.923. The highest BCUT2D eigenvalue weighted by molar-refractivity contribution is 5.92. The second kappa shape index (κ2) is 5.98. The monoisotopic (exact) mass is 309 g/mol. The third kappa shape index (κ3) is 3.40. The number of hydrogen-bond acceptors (Lipinski definition) is 4. The standard InChI is InChI=1S/C15H23N3O4/c1-15(2,3)11-9-12(22-16-11)18-10(5-6-13(19)20)7-8-17(4)14(18)21/h9-10H,5-8H2,1-4H3,(H,19,20). The first-order valence-corrected chi connectivity index (χ1v) is 7.43. The summed E-state index contributed by atoms with van der Waals surface area (Å²) in [4.78, 5) is 26.4. The third-order valence-electron chi connectivity index (χ3n) is 3.89. The molecule has 122 valence electrons. The topological polar surface area (TPSA) is 86.9 Å². The maximum atomic E-state index is 12.5. The lowest BCUT2D eigenvalue weighted by molar-refractivity contribution is -0.137. The molecule has 7 nitrogen and oxygen atoms in total. The molecule has 0 aromatic carbocycles. The Hall–Kier alpha value is -2.05. The van der Waals surface area contributed by atoms with Crippen molar-refractivity contribution in [2.24, 2.45) is 0 Å². The van der Waals surface area contributed by atoms with Crippen LogP contribution in [0.2, 0.25) is 0 Å². The number of carboxylic acid groups (broad SMARTS) is 1. The summed E-state index contributed by atoms with van der Waals surface area (Å²) in [6.45, 7) is 6.65. The van der Waals surface area contributed by atoms with Crippen molar-refractivity contribution in [2.45, 2.75) is 51.5 Å². The molecule has 2 rings (SSSR count). The number of carbonyl (C=O) groups excluding carboxylic acids is 1. The van der Waals surface area contributed by atoms with Gasteiger partial charge >= 0.3 is 12.0 Å². The van der Waals surface area contributed by atoms with Crippen molar-refractivity contribution in [1.29, 1.82) is 0 Å². The molecule has 0 spiro atoms. The number of carboxylic acids is 1. The number of aliphatic carboxylic acids is 1. The van der Waals surface area contributed by atoms with Gasteiger partial charge in [0.1, 0.15) is 0 Å². The number of aromatic nitrogens is 1. The average Bonchev–Trinajstić information content (AvgIpc) is 2.89. The fourth-order valence-electron chi connectivity index (χ4n) is 2.48. The van der Waals surface area contributed by atoms with Crippen LogP contribution in [0, 0.1) is 0 Å². The molecule has 1 unspecified atom stereocenters. The van der Waals surface area contributed by atoms with Crippen molar-refractivity contribution in [3.8, 4) is 0 Å². The number of hydrogen-bond donors (Lipinski definition) is 1. The van der Waals surface area contributed by atoms with E-state index in [1.165, 1.54) is 4.90 Å². The van der Waals surface area contributed by atoms with E-state index in [-0.39, 0.29) is 23.9 Å². The van der Waals surface area contributed by atoms with E-state index >= 15 is 0 Å². The molecule has 1 fully saturated rings. The number of nitrogens with zero attached hydrogens (tertiary/aromatic N) is 3. The first kappa shape index (κ1) is 16.3. The van der Waals surface area contributed by atoms with Gasteiger partial charge in [-0.1, -0.05) is 25.9 Å². The van der Waals surface area contributed by atoms with Crippen LogP contribution in [0.3, 0.4) is 0 Å². The molecule has 2 heterocycles. The van der Waals surface area contributed by atoms with Gasteiger partial charge in [-0.3, -0.25) is 9.69 Å². The fraction of sp³-hybridized carbons (Fsp3) is 0.667. The molecule has 0 saturated carbocycles. The Morgan fingerprint density at radius 1 is 1.50 bits per heavy atom. The molecule has 1 atom stereocenters. The second-order valence-corrected chi connectivity index (χ2v) is 6.75. The summed E-state index contributed by atoms with van der Waals surface area (Å²) < 4.78 is 5.37. The highest BCUT2D eigenvalue weighted by Crippen LogP contribution is 2.30. The molecule has 7 heteroatoms. The zero-order valence-electron chi connectivity index (χ0n) is 13.5. The predicted octanol–water partition coefficient (Wildman–Crippen LogP) is 2.47. The molecular weight excluding hydrogens is 286 g/mol. The van der Waals surface area contributed by atoms with Crippen LogP contribution in [-0.4, -0.2) is 46.8 Å². The largest absolute Gasteiger partial charge is 0.481 e. The summed E-state index contributed by atoms with van der Waals surface area (Å²) in [5.74, 6) is -0.476. The molecule has 0 aliphatic carbocycles. The van der Waals surface area contributed by atoms with Crippen LogP contribution in [0.1, 0.15) is 45.7 Å². The van der Waals surface area contributed by atoms with Gasteiger partial charge in [-0.05, 0) is 12.8 Å². The highest BCUT2D eigenvalue weighted by Gasteiger charge is 2.35. The Kier molecular flexibility index (Phi) is 4.44. The summed E-state index contributed by atoms with van der Waals surface area (Å²) in [6.07, 6.45) is 1.14. The average molecular weight is 309 g/mol. The highest BCUT2D eigenvalue weighted by atomic mass is 16.5. The summed E-state index contributed by atoms with van der Waals surface area (Å²) >= 11 is 0. The molecule has 2 amide bonds. The normalized spacial score (nSPS) is 19.6. The Bertz CT molecular complexity index is 561. The van der Waals surface area contributed by atoms with Gasteiger partial charge in [0.15, 0.2) is 0 Å². The van der Waals surface area contributed by atoms with E-state index in [2.05, 4.69) is 5.16 Å². The molecule has 0 radical (unpaired) electrons. The number of amides is 2. The summed E-state index contributed by atoms with van der Waals surface area (Å²) in [5, 5.41) is 12.9. The van der Waals surface area contributed by atoms with E-state index in [0.717, 1.165) is 5.69 Å². The molecule has 1 aromatic rings. The van der Waals surface area contributed by atoms with Gasteiger partial charge in [-0.2, -0.15) is 0 Å². The number of carbonyl (C=O) groups is 2. The van der Waals surface area contributed by atoms with Crippen molar-refractivity contribution in [2.75, 3.05) is 18.5 Å². The Morgan fingerprint density at radius 2 is 2.18 bits per heavy atom. The van der Waals surface area contributed by atoms with Crippen LogP contribution in [-0.2, 0) is 10.2 Å². The lowest BCUT2D eigenvalue weighted by Gasteiger charge is -2.38. The minimum atomic E-state index is -0.862. The Balaban J connectivity index is 2.26. The SMILES string of the molecule is CN1CCC(CCC(=O)O)N(c2cc(C(C)(C)C)no2)C1=O. The van der Waals surface area contributed by atoms with Gasteiger partial charge in [0.05, 0.1) is 5.69 Å². The molecule has 1 saturated heterocycles. The van der Waals surface area contributed by atoms with Gasteiger partial charge in [0.25, 0.3) is 0 Å². The summed E-state index contributed by atoms with van der Waals surface area (Å²) in [7, 11) is 1.73. The third-order valence-corrected chi connectivity index (χ3v) is 3.89. The zero-order valence-corrected chi connectivity index (χ0v) is 13.5. The molecule has 1 aliphatic heterocycles. The van der Waals surface area contributed by atoms with Crippen molar-refractivity contribution < 1.29 is 19.2 Å². The van der Waals surface area contributed by atoms with E-state index in [4.69, 9.17) is 9.63 Å². The van der Waals surface area contributed by atoms with Crippen LogP contribution in [0.4, 0.5) is 10.7 Å². The fourth-order valence-corrected chi connectivity index (χ4v) is 2.48. The Labute approximate surface area is 129 Å². The van der Waals surface area contributed by atoms with Gasteiger partial charge in [0, 0.05) is 37.5 Å². The first-order valence-electron chi connectivity index (χ1n) is 7.43. The van der Waals surface area contributed by atoms with Crippen LogP contribution in [0.15, 0.2) is 10.6 Å². The minimum absolute atomic E-state index is 0.0262. The van der Waals surface area contributed by atoms with Crippen LogP contribution in [0.25, 0.3) is 0 Å². The van der Waals surface area contributed by atoms with Crippen LogP contribution < -0.4 is 4.90 Å². The molecule has 1 aromatic heterocycles. The number of urea groups is 1. The molecular formula is C15H23N3O4. The van der Waals surface area contributed by atoms with E-state index in [9.17, 15) is 9.59 Å². The van der Waals surface area contributed by atoms with Crippen molar-refractivity contribution >= 4 is 17.9 Å². The van der Waals surface area contributed by atoms with E-state index in [1.54, 1.807) is 18.0 Å². The summed E-state index contributed by atoms with van der Waals surface area (Å²) in [5.41, 5.74) is 0.587. The Morgan fingerprint density at radius 3 is 2.73 bits per heavy atom. The molecule has 22 heavy (non-hydrogen) atoms. The van der Waals surface area contributed by atoms with Gasteiger partial charge in [-0.15, -0.1) is 0 Å². The van der Waals surface area contributed by atoms with Crippen LogP contribution in [0.5, 0.6) is 0 Å². The van der Waals surface area contributed by atoms with Crippen LogP contribution >= 0.6 is 0 Å². The first-order chi connectivity index (χ1) is 10.2. The maximum Gasteiger partial charge on any atom is 0.326 e.